The topological polar surface area (TPSA) is 78.6 Å². The van der Waals surface area contributed by atoms with Crippen LogP contribution in [0.2, 0.25) is 0 Å². The van der Waals surface area contributed by atoms with E-state index in [9.17, 15) is 0 Å². The molecule has 0 spiro atoms. The van der Waals surface area contributed by atoms with Crippen LogP contribution in [0.4, 0.5) is 0 Å². The third-order valence-electron chi connectivity index (χ3n) is 1.11. The van der Waals surface area contributed by atoms with E-state index >= 15 is 0 Å². The standard InChI is InChI=1S/C6H7N3O2/c1-4(9-11)6-7-2-5(10)3-8-6/h2-3,10-11H,1H3/b9-4+. The Labute approximate surface area is 63.0 Å². The number of rotatable bonds is 1. The van der Waals surface area contributed by atoms with E-state index in [0.717, 1.165) is 0 Å². The van der Waals surface area contributed by atoms with Crippen molar-refractivity contribution in [2.24, 2.45) is 5.16 Å². The summed E-state index contributed by atoms with van der Waals surface area (Å²) >= 11 is 0. The van der Waals surface area contributed by atoms with Gasteiger partial charge in [0, 0.05) is 0 Å². The van der Waals surface area contributed by atoms with Crippen molar-refractivity contribution < 1.29 is 10.3 Å². The second kappa shape index (κ2) is 2.96. The number of hydrogen-bond acceptors (Lipinski definition) is 5. The predicted molar refractivity (Wildman–Crippen MR) is 37.7 cm³/mol. The molecular weight excluding hydrogens is 146 g/mol. The summed E-state index contributed by atoms with van der Waals surface area (Å²) in [7, 11) is 0. The second-order valence-electron chi connectivity index (χ2n) is 1.95. The molecule has 1 aromatic heterocycles. The molecule has 1 rings (SSSR count). The van der Waals surface area contributed by atoms with Crippen LogP contribution in [0.3, 0.4) is 0 Å². The fourth-order valence-electron chi connectivity index (χ4n) is 0.553. The fraction of sp³-hybridized carbons (Fsp3) is 0.167. The van der Waals surface area contributed by atoms with E-state index < -0.39 is 0 Å². The molecule has 0 saturated carbocycles. The number of oxime groups is 1. The van der Waals surface area contributed by atoms with Gasteiger partial charge in [0.25, 0.3) is 0 Å². The Morgan fingerprint density at radius 1 is 1.45 bits per heavy atom. The summed E-state index contributed by atoms with van der Waals surface area (Å²) in [5.74, 6) is 0.282. The Kier molecular flexibility index (Phi) is 2.00. The van der Waals surface area contributed by atoms with E-state index in [2.05, 4.69) is 15.1 Å². The zero-order valence-corrected chi connectivity index (χ0v) is 5.89. The largest absolute Gasteiger partial charge is 0.505 e. The van der Waals surface area contributed by atoms with Crippen LogP contribution in [-0.2, 0) is 0 Å². The molecule has 11 heavy (non-hydrogen) atoms. The first kappa shape index (κ1) is 7.46. The van der Waals surface area contributed by atoms with E-state index in [1.807, 2.05) is 0 Å². The molecule has 0 amide bonds. The van der Waals surface area contributed by atoms with Gasteiger partial charge in [-0.3, -0.25) is 0 Å². The highest BCUT2D eigenvalue weighted by molar-refractivity contribution is 5.94. The monoisotopic (exact) mass is 153 g/mol. The van der Waals surface area contributed by atoms with Crippen LogP contribution >= 0.6 is 0 Å². The van der Waals surface area contributed by atoms with E-state index in [1.165, 1.54) is 12.4 Å². The molecular formula is C6H7N3O2. The van der Waals surface area contributed by atoms with Crippen molar-refractivity contribution in [3.05, 3.63) is 18.2 Å². The van der Waals surface area contributed by atoms with Crippen LogP contribution in [0.25, 0.3) is 0 Å². The summed E-state index contributed by atoms with van der Waals surface area (Å²) in [6, 6.07) is 0. The summed E-state index contributed by atoms with van der Waals surface area (Å²) in [5.41, 5.74) is 0.310. The van der Waals surface area contributed by atoms with Gasteiger partial charge >= 0.3 is 0 Å². The molecule has 0 aromatic carbocycles. The van der Waals surface area contributed by atoms with Crippen molar-refractivity contribution in [2.75, 3.05) is 0 Å². The maximum absolute atomic E-state index is 8.78. The quantitative estimate of drug-likeness (QED) is 0.347. The molecule has 5 heteroatoms. The number of hydrogen-bond donors (Lipinski definition) is 2. The first-order chi connectivity index (χ1) is 5.24. The minimum Gasteiger partial charge on any atom is -0.505 e. The van der Waals surface area contributed by atoms with Crippen LogP contribution in [0, 0.1) is 0 Å². The van der Waals surface area contributed by atoms with Crippen molar-refractivity contribution in [3.63, 3.8) is 0 Å². The molecule has 2 N–H and O–H groups in total. The van der Waals surface area contributed by atoms with E-state index in [-0.39, 0.29) is 5.75 Å². The average molecular weight is 153 g/mol. The van der Waals surface area contributed by atoms with Gasteiger partial charge in [0.2, 0.25) is 0 Å². The molecule has 0 aliphatic heterocycles. The Morgan fingerprint density at radius 3 is 2.45 bits per heavy atom. The first-order valence-corrected chi connectivity index (χ1v) is 2.94. The average Bonchev–Trinajstić information content (AvgIpc) is 2.05. The predicted octanol–water partition coefficient (Wildman–Crippen LogP) is 0.380. The Hall–Kier alpha value is -1.65. The molecule has 0 fully saturated rings. The first-order valence-electron chi connectivity index (χ1n) is 2.94. The Morgan fingerprint density at radius 2 is 2.00 bits per heavy atom. The lowest BCUT2D eigenvalue weighted by molar-refractivity contribution is 0.318. The van der Waals surface area contributed by atoms with E-state index in [4.69, 9.17) is 10.3 Å². The molecule has 1 aromatic rings. The maximum atomic E-state index is 8.78. The Balaban J connectivity index is 2.99. The van der Waals surface area contributed by atoms with Crippen molar-refractivity contribution in [3.8, 4) is 5.75 Å². The van der Waals surface area contributed by atoms with Crippen molar-refractivity contribution in [1.82, 2.24) is 9.97 Å². The van der Waals surface area contributed by atoms with Gasteiger partial charge in [-0.1, -0.05) is 5.16 Å². The highest BCUT2D eigenvalue weighted by Crippen LogP contribution is 2.02. The van der Waals surface area contributed by atoms with Gasteiger partial charge in [0.05, 0.1) is 12.4 Å². The molecule has 0 saturated heterocycles. The molecule has 0 unspecified atom stereocenters. The van der Waals surface area contributed by atoms with Crippen LogP contribution in [-0.4, -0.2) is 26.0 Å². The summed E-state index contributed by atoms with van der Waals surface area (Å²) in [6.07, 6.45) is 2.47. The van der Waals surface area contributed by atoms with Gasteiger partial charge < -0.3 is 10.3 Å². The molecule has 0 radical (unpaired) electrons. The zero-order chi connectivity index (χ0) is 8.27. The zero-order valence-electron chi connectivity index (χ0n) is 5.89. The van der Waals surface area contributed by atoms with Gasteiger partial charge in [0.1, 0.15) is 5.71 Å². The molecule has 58 valence electrons. The molecule has 5 nitrogen and oxygen atoms in total. The summed E-state index contributed by atoms with van der Waals surface area (Å²) in [5, 5.41) is 20.0. The van der Waals surface area contributed by atoms with Crippen LogP contribution in [0.1, 0.15) is 12.7 Å². The van der Waals surface area contributed by atoms with Gasteiger partial charge in [-0.05, 0) is 6.92 Å². The lowest BCUT2D eigenvalue weighted by Crippen LogP contribution is -2.00. The third kappa shape index (κ3) is 1.64. The van der Waals surface area contributed by atoms with Gasteiger partial charge in [-0.2, -0.15) is 0 Å². The fourth-order valence-corrected chi connectivity index (χ4v) is 0.553. The van der Waals surface area contributed by atoms with Crippen molar-refractivity contribution >= 4 is 5.71 Å². The minimum atomic E-state index is -0.0144. The minimum absolute atomic E-state index is 0.0144. The third-order valence-corrected chi connectivity index (χ3v) is 1.11. The smallest absolute Gasteiger partial charge is 0.177 e. The molecule has 0 bridgehead atoms. The lowest BCUT2D eigenvalue weighted by Gasteiger charge is -1.94. The lowest BCUT2D eigenvalue weighted by atomic mass is 10.4. The van der Waals surface area contributed by atoms with Gasteiger partial charge in [0.15, 0.2) is 11.6 Å². The highest BCUT2D eigenvalue weighted by Gasteiger charge is 1.99. The van der Waals surface area contributed by atoms with Gasteiger partial charge in [-0.25, -0.2) is 9.97 Å². The normalized spacial score (nSPS) is 11.5. The SMILES string of the molecule is C/C(=N\O)c1ncc(O)cn1. The molecule has 0 atom stereocenters. The molecule has 0 aliphatic rings. The summed E-state index contributed by atoms with van der Waals surface area (Å²) in [6.45, 7) is 1.56. The second-order valence-corrected chi connectivity index (χ2v) is 1.95. The number of nitrogens with zero attached hydrogens (tertiary/aromatic N) is 3. The van der Waals surface area contributed by atoms with Crippen molar-refractivity contribution in [2.45, 2.75) is 6.92 Å². The summed E-state index contributed by atoms with van der Waals surface area (Å²) < 4.78 is 0. The number of aromatic hydroxyl groups is 1. The van der Waals surface area contributed by atoms with E-state index in [1.54, 1.807) is 6.92 Å². The Bertz CT molecular complexity index is 268. The van der Waals surface area contributed by atoms with E-state index in [0.29, 0.717) is 11.5 Å². The van der Waals surface area contributed by atoms with Gasteiger partial charge in [-0.15, -0.1) is 0 Å². The van der Waals surface area contributed by atoms with Crippen LogP contribution < -0.4 is 0 Å². The van der Waals surface area contributed by atoms with Crippen LogP contribution in [0.15, 0.2) is 17.5 Å². The molecule has 0 aliphatic carbocycles. The summed E-state index contributed by atoms with van der Waals surface area (Å²) in [4.78, 5) is 7.39. The maximum Gasteiger partial charge on any atom is 0.177 e. The molecule has 1 heterocycles. The van der Waals surface area contributed by atoms with Crippen molar-refractivity contribution in [1.29, 1.82) is 0 Å². The number of aromatic nitrogens is 2. The highest BCUT2D eigenvalue weighted by atomic mass is 16.4. The van der Waals surface area contributed by atoms with Crippen LogP contribution in [0.5, 0.6) is 5.75 Å².